The molecule has 1 aromatic rings. The molecule has 1 aromatic heterocycles. The van der Waals surface area contributed by atoms with Crippen molar-refractivity contribution in [3.63, 3.8) is 0 Å². The summed E-state index contributed by atoms with van der Waals surface area (Å²) >= 11 is 1.61. The number of piperazine rings is 1. The number of amides is 2. The molecule has 150 valence electrons. The number of carbonyl (C=O) groups is 2. The number of aryl methyl sites for hydroxylation is 2. The number of likely N-dealkylation sites (tertiary alicyclic amines) is 1. The summed E-state index contributed by atoms with van der Waals surface area (Å²) in [5.74, 6) is 2.46. The molecule has 7 nitrogen and oxygen atoms in total. The maximum Gasteiger partial charge on any atom is 0.236 e. The molecule has 2 aliphatic heterocycles. The summed E-state index contributed by atoms with van der Waals surface area (Å²) in [5, 5.41) is 3.95. The SMILES string of the molecule is Cc1noc(C)c1CSCC(=O)N1CCN(CC(=O)N2CCCCC2)CC1. The fourth-order valence-electron chi connectivity index (χ4n) is 3.63. The number of piperidine rings is 1. The largest absolute Gasteiger partial charge is 0.361 e. The Labute approximate surface area is 165 Å². The highest BCUT2D eigenvalue weighted by Crippen LogP contribution is 2.20. The van der Waals surface area contributed by atoms with Gasteiger partial charge in [-0.2, -0.15) is 0 Å². The van der Waals surface area contributed by atoms with E-state index in [9.17, 15) is 9.59 Å². The number of thioether (sulfide) groups is 1. The summed E-state index contributed by atoms with van der Waals surface area (Å²) in [5.41, 5.74) is 1.99. The molecular formula is C19H30N4O3S. The molecule has 0 bridgehead atoms. The van der Waals surface area contributed by atoms with Crippen molar-refractivity contribution in [1.82, 2.24) is 19.9 Å². The Bertz CT molecular complexity index is 630. The Morgan fingerprint density at radius 2 is 1.63 bits per heavy atom. The smallest absolute Gasteiger partial charge is 0.236 e. The predicted octanol–water partition coefficient (Wildman–Crippen LogP) is 1.68. The molecule has 2 amide bonds. The molecule has 0 aromatic carbocycles. The van der Waals surface area contributed by atoms with Gasteiger partial charge >= 0.3 is 0 Å². The van der Waals surface area contributed by atoms with E-state index in [1.54, 1.807) is 11.8 Å². The quantitative estimate of drug-likeness (QED) is 0.731. The number of aromatic nitrogens is 1. The summed E-state index contributed by atoms with van der Waals surface area (Å²) in [6, 6.07) is 0. The van der Waals surface area contributed by atoms with Crippen LogP contribution in [0.5, 0.6) is 0 Å². The monoisotopic (exact) mass is 394 g/mol. The van der Waals surface area contributed by atoms with Crippen LogP contribution in [0.15, 0.2) is 4.52 Å². The van der Waals surface area contributed by atoms with Crippen LogP contribution < -0.4 is 0 Å². The van der Waals surface area contributed by atoms with Gasteiger partial charge in [0.15, 0.2) is 0 Å². The van der Waals surface area contributed by atoms with E-state index in [-0.39, 0.29) is 11.8 Å². The van der Waals surface area contributed by atoms with Crippen LogP contribution in [0.2, 0.25) is 0 Å². The van der Waals surface area contributed by atoms with E-state index in [1.165, 1.54) is 6.42 Å². The molecule has 0 aliphatic carbocycles. The van der Waals surface area contributed by atoms with Crippen LogP contribution >= 0.6 is 11.8 Å². The molecule has 2 aliphatic rings. The standard InChI is InChI=1S/C19H30N4O3S/c1-15-17(16(2)26-20-15)13-27-14-19(25)23-10-8-21(9-11-23)12-18(24)22-6-4-3-5-7-22/h3-14H2,1-2H3. The van der Waals surface area contributed by atoms with Crippen molar-refractivity contribution < 1.29 is 14.1 Å². The van der Waals surface area contributed by atoms with Crippen molar-refractivity contribution in [2.45, 2.75) is 38.9 Å². The van der Waals surface area contributed by atoms with Gasteiger partial charge in [0.25, 0.3) is 0 Å². The van der Waals surface area contributed by atoms with Crippen LogP contribution in [0.25, 0.3) is 0 Å². The van der Waals surface area contributed by atoms with E-state index in [0.717, 1.165) is 61.8 Å². The van der Waals surface area contributed by atoms with Crippen LogP contribution in [0.3, 0.4) is 0 Å². The van der Waals surface area contributed by atoms with Crippen LogP contribution in [-0.2, 0) is 15.3 Å². The zero-order chi connectivity index (χ0) is 19.2. The van der Waals surface area contributed by atoms with Gasteiger partial charge in [0.1, 0.15) is 5.76 Å². The average Bonchev–Trinajstić information content (AvgIpc) is 3.01. The second kappa shape index (κ2) is 9.59. The van der Waals surface area contributed by atoms with Gasteiger partial charge in [-0.3, -0.25) is 14.5 Å². The lowest BCUT2D eigenvalue weighted by atomic mass is 10.1. The fourth-order valence-corrected chi connectivity index (χ4v) is 4.71. The Morgan fingerprint density at radius 1 is 0.963 bits per heavy atom. The number of nitrogens with zero attached hydrogens (tertiary/aromatic N) is 4. The van der Waals surface area contributed by atoms with Crippen molar-refractivity contribution in [1.29, 1.82) is 0 Å². The number of hydrogen-bond acceptors (Lipinski definition) is 6. The lowest BCUT2D eigenvalue weighted by Gasteiger charge is -2.36. The fraction of sp³-hybridized carbons (Fsp3) is 0.737. The molecule has 27 heavy (non-hydrogen) atoms. The van der Waals surface area contributed by atoms with Crippen LogP contribution in [0.1, 0.15) is 36.3 Å². The molecule has 3 heterocycles. The molecule has 8 heteroatoms. The number of hydrogen-bond donors (Lipinski definition) is 0. The molecule has 3 rings (SSSR count). The number of rotatable bonds is 6. The second-order valence-electron chi connectivity index (χ2n) is 7.39. The summed E-state index contributed by atoms with van der Waals surface area (Å²) in [7, 11) is 0. The highest BCUT2D eigenvalue weighted by Gasteiger charge is 2.24. The maximum atomic E-state index is 12.4. The lowest BCUT2D eigenvalue weighted by Crippen LogP contribution is -2.52. The van der Waals surface area contributed by atoms with Gasteiger partial charge < -0.3 is 14.3 Å². The highest BCUT2D eigenvalue weighted by atomic mass is 32.2. The molecule has 2 saturated heterocycles. The third-order valence-electron chi connectivity index (χ3n) is 5.45. The zero-order valence-corrected chi connectivity index (χ0v) is 17.2. The summed E-state index contributed by atoms with van der Waals surface area (Å²) in [6.07, 6.45) is 3.48. The van der Waals surface area contributed by atoms with Gasteiger partial charge in [-0.1, -0.05) is 5.16 Å². The van der Waals surface area contributed by atoms with Gasteiger partial charge in [0.2, 0.25) is 11.8 Å². The third kappa shape index (κ3) is 5.48. The molecule has 0 spiro atoms. The first kappa shape index (κ1) is 20.2. The summed E-state index contributed by atoms with van der Waals surface area (Å²) in [6.45, 7) is 9.10. The molecular weight excluding hydrogens is 364 g/mol. The Balaban J connectivity index is 1.35. The van der Waals surface area contributed by atoms with Crippen LogP contribution in [-0.4, -0.2) is 83.2 Å². The van der Waals surface area contributed by atoms with Crippen molar-refractivity contribution in [2.24, 2.45) is 0 Å². The third-order valence-corrected chi connectivity index (χ3v) is 6.39. The molecule has 0 unspecified atom stereocenters. The first-order valence-electron chi connectivity index (χ1n) is 9.82. The molecule has 0 N–H and O–H groups in total. The Kier molecular flexibility index (Phi) is 7.18. The minimum absolute atomic E-state index is 0.175. The minimum atomic E-state index is 0.175. The summed E-state index contributed by atoms with van der Waals surface area (Å²) < 4.78 is 5.16. The van der Waals surface area contributed by atoms with Crippen molar-refractivity contribution >= 4 is 23.6 Å². The van der Waals surface area contributed by atoms with Gasteiger partial charge in [0, 0.05) is 50.6 Å². The van der Waals surface area contributed by atoms with Gasteiger partial charge in [-0.05, 0) is 33.1 Å². The van der Waals surface area contributed by atoms with Crippen LogP contribution in [0, 0.1) is 13.8 Å². The first-order chi connectivity index (χ1) is 13.0. The van der Waals surface area contributed by atoms with Crippen LogP contribution in [0.4, 0.5) is 0 Å². The van der Waals surface area contributed by atoms with E-state index in [0.29, 0.717) is 25.4 Å². The molecule has 2 fully saturated rings. The van der Waals surface area contributed by atoms with Crippen molar-refractivity contribution in [3.8, 4) is 0 Å². The minimum Gasteiger partial charge on any atom is -0.361 e. The topological polar surface area (TPSA) is 69.9 Å². The number of carbonyl (C=O) groups excluding carboxylic acids is 2. The van der Waals surface area contributed by atoms with Crippen molar-refractivity contribution in [2.75, 3.05) is 51.6 Å². The maximum absolute atomic E-state index is 12.4. The molecule has 0 saturated carbocycles. The predicted molar refractivity (Wildman–Crippen MR) is 106 cm³/mol. The average molecular weight is 395 g/mol. The van der Waals surface area contributed by atoms with E-state index in [2.05, 4.69) is 10.1 Å². The Hall–Kier alpha value is -1.54. The normalized spacial score (nSPS) is 18.7. The Morgan fingerprint density at radius 3 is 2.26 bits per heavy atom. The van der Waals surface area contributed by atoms with Crippen molar-refractivity contribution in [3.05, 3.63) is 17.0 Å². The molecule has 0 atom stereocenters. The second-order valence-corrected chi connectivity index (χ2v) is 8.38. The summed E-state index contributed by atoms with van der Waals surface area (Å²) in [4.78, 5) is 30.9. The van der Waals surface area contributed by atoms with E-state index < -0.39 is 0 Å². The molecule has 0 radical (unpaired) electrons. The zero-order valence-electron chi connectivity index (χ0n) is 16.4. The van der Waals surface area contributed by atoms with E-state index in [1.807, 2.05) is 23.6 Å². The lowest BCUT2D eigenvalue weighted by molar-refractivity contribution is -0.134. The van der Waals surface area contributed by atoms with Gasteiger partial charge in [-0.25, -0.2) is 0 Å². The van der Waals surface area contributed by atoms with Gasteiger partial charge in [-0.15, -0.1) is 11.8 Å². The highest BCUT2D eigenvalue weighted by molar-refractivity contribution is 7.99. The van der Waals surface area contributed by atoms with Gasteiger partial charge in [0.05, 0.1) is 18.0 Å². The van der Waals surface area contributed by atoms with E-state index >= 15 is 0 Å². The first-order valence-corrected chi connectivity index (χ1v) is 11.0. The van der Waals surface area contributed by atoms with E-state index in [4.69, 9.17) is 4.52 Å².